The van der Waals surface area contributed by atoms with Crippen molar-refractivity contribution in [1.29, 1.82) is 0 Å². The first-order valence-electron chi connectivity index (χ1n) is 11.0. The molecule has 5 rings (SSSR count). The summed E-state index contributed by atoms with van der Waals surface area (Å²) in [5.74, 6) is 0.889. The van der Waals surface area contributed by atoms with Gasteiger partial charge in [0.25, 0.3) is 5.91 Å². The van der Waals surface area contributed by atoms with Crippen LogP contribution < -0.4 is 10.2 Å². The summed E-state index contributed by atoms with van der Waals surface area (Å²) in [6.45, 7) is 3.09. The van der Waals surface area contributed by atoms with Crippen LogP contribution in [0.3, 0.4) is 0 Å². The number of anilines is 1. The predicted octanol–water partition coefficient (Wildman–Crippen LogP) is 3.79. The Morgan fingerprint density at radius 1 is 0.968 bits per heavy atom. The Morgan fingerprint density at radius 2 is 1.77 bits per heavy atom. The fraction of sp³-hybridized carbons (Fsp3) is 0.333. The Balaban J connectivity index is 1.27. The van der Waals surface area contributed by atoms with Gasteiger partial charge in [0, 0.05) is 25.2 Å². The van der Waals surface area contributed by atoms with Gasteiger partial charge in [-0.05, 0) is 35.7 Å². The van der Waals surface area contributed by atoms with Crippen molar-refractivity contribution in [3.63, 3.8) is 0 Å². The van der Waals surface area contributed by atoms with Gasteiger partial charge in [-0.3, -0.25) is 4.79 Å². The molecule has 0 radical (unpaired) electrons. The molecule has 3 heterocycles. The van der Waals surface area contributed by atoms with Crippen LogP contribution >= 0.6 is 0 Å². The van der Waals surface area contributed by atoms with Crippen LogP contribution in [0, 0.1) is 0 Å². The number of nitrogens with one attached hydrogen (secondary N) is 1. The maximum absolute atomic E-state index is 12.6. The molecule has 1 aliphatic heterocycles. The van der Waals surface area contributed by atoms with E-state index < -0.39 is 0 Å². The highest BCUT2D eigenvalue weighted by molar-refractivity contribution is 5.98. The topological polar surface area (TPSA) is 75.9 Å². The van der Waals surface area contributed by atoms with E-state index in [1.54, 1.807) is 6.33 Å². The number of benzene rings is 2. The van der Waals surface area contributed by atoms with Crippen LogP contribution in [0.2, 0.25) is 0 Å². The summed E-state index contributed by atoms with van der Waals surface area (Å²) < 4.78 is 1.85. The van der Waals surface area contributed by atoms with Crippen LogP contribution in [-0.4, -0.2) is 45.3 Å². The summed E-state index contributed by atoms with van der Waals surface area (Å²) in [6, 6.07) is 13.8. The zero-order valence-electron chi connectivity index (χ0n) is 17.5. The number of nitrogens with zero attached hydrogens (tertiary/aromatic N) is 5. The SMILES string of the molecule is O=C(NCCn1ncc2c(N3CCCCCC3)ncnc21)c1ccc2ccccc2c1. The minimum atomic E-state index is -0.0814. The maximum atomic E-state index is 12.6. The molecule has 0 atom stereocenters. The number of hydrogen-bond acceptors (Lipinski definition) is 5. The number of carbonyl (C=O) groups is 1. The molecular formula is C24H26N6O. The van der Waals surface area contributed by atoms with Crippen molar-refractivity contribution < 1.29 is 4.79 Å². The molecule has 1 aliphatic rings. The van der Waals surface area contributed by atoms with Gasteiger partial charge in [0.1, 0.15) is 12.1 Å². The molecule has 1 amide bonds. The third kappa shape index (κ3) is 4.08. The normalized spacial score (nSPS) is 14.6. The highest BCUT2D eigenvalue weighted by Gasteiger charge is 2.17. The van der Waals surface area contributed by atoms with Gasteiger partial charge >= 0.3 is 0 Å². The second-order valence-corrected chi connectivity index (χ2v) is 8.02. The van der Waals surface area contributed by atoms with Crippen LogP contribution in [0.5, 0.6) is 0 Å². The van der Waals surface area contributed by atoms with E-state index in [1.165, 1.54) is 25.7 Å². The fourth-order valence-electron chi connectivity index (χ4n) is 4.29. The van der Waals surface area contributed by atoms with E-state index in [-0.39, 0.29) is 5.91 Å². The lowest BCUT2D eigenvalue weighted by atomic mass is 10.1. The molecule has 31 heavy (non-hydrogen) atoms. The molecule has 0 unspecified atom stereocenters. The van der Waals surface area contributed by atoms with Crippen LogP contribution in [0.15, 0.2) is 55.0 Å². The van der Waals surface area contributed by atoms with E-state index in [0.29, 0.717) is 18.7 Å². The van der Waals surface area contributed by atoms with Crippen molar-refractivity contribution in [3.8, 4) is 0 Å². The molecule has 1 saturated heterocycles. The molecule has 7 nitrogen and oxygen atoms in total. The molecule has 158 valence electrons. The lowest BCUT2D eigenvalue weighted by molar-refractivity contribution is 0.0952. The summed E-state index contributed by atoms with van der Waals surface area (Å²) in [6.07, 6.45) is 8.41. The molecule has 2 aromatic heterocycles. The second-order valence-electron chi connectivity index (χ2n) is 8.02. The van der Waals surface area contributed by atoms with Gasteiger partial charge < -0.3 is 10.2 Å². The van der Waals surface area contributed by atoms with E-state index >= 15 is 0 Å². The van der Waals surface area contributed by atoms with Crippen molar-refractivity contribution in [2.24, 2.45) is 0 Å². The first-order valence-corrected chi connectivity index (χ1v) is 11.0. The molecule has 0 spiro atoms. The van der Waals surface area contributed by atoms with E-state index in [4.69, 9.17) is 0 Å². The third-order valence-electron chi connectivity index (χ3n) is 5.94. The fourth-order valence-corrected chi connectivity index (χ4v) is 4.29. The minimum Gasteiger partial charge on any atom is -0.356 e. The van der Waals surface area contributed by atoms with Gasteiger partial charge in [-0.25, -0.2) is 14.6 Å². The molecule has 1 N–H and O–H groups in total. The number of hydrogen-bond donors (Lipinski definition) is 1. The van der Waals surface area contributed by atoms with Gasteiger partial charge in [0.05, 0.1) is 18.1 Å². The van der Waals surface area contributed by atoms with Gasteiger partial charge in [0.15, 0.2) is 5.65 Å². The zero-order chi connectivity index (χ0) is 21.0. The van der Waals surface area contributed by atoms with E-state index in [9.17, 15) is 4.79 Å². The number of amides is 1. The molecule has 4 aromatic rings. The lowest BCUT2D eigenvalue weighted by Crippen LogP contribution is -2.27. The monoisotopic (exact) mass is 414 g/mol. The minimum absolute atomic E-state index is 0.0814. The van der Waals surface area contributed by atoms with Crippen LogP contribution in [0.1, 0.15) is 36.0 Å². The summed E-state index contributed by atoms with van der Waals surface area (Å²) in [5.41, 5.74) is 1.48. The van der Waals surface area contributed by atoms with Crippen molar-refractivity contribution in [2.45, 2.75) is 32.2 Å². The van der Waals surface area contributed by atoms with Crippen molar-refractivity contribution in [2.75, 3.05) is 24.5 Å². The van der Waals surface area contributed by atoms with E-state index in [0.717, 1.165) is 40.7 Å². The molecular weight excluding hydrogens is 388 g/mol. The summed E-state index contributed by atoms with van der Waals surface area (Å²) >= 11 is 0. The summed E-state index contributed by atoms with van der Waals surface area (Å²) in [4.78, 5) is 24.0. The largest absolute Gasteiger partial charge is 0.356 e. The van der Waals surface area contributed by atoms with Crippen molar-refractivity contribution in [1.82, 2.24) is 25.1 Å². The Labute approximate surface area is 181 Å². The standard InChI is InChI=1S/C24H26N6O/c31-24(20-10-9-18-7-3-4-8-19(18)15-20)25-11-14-30-23-21(16-28-30)22(26-17-27-23)29-12-5-1-2-6-13-29/h3-4,7-10,15-17H,1-2,5-6,11-14H2,(H,25,31). The maximum Gasteiger partial charge on any atom is 0.251 e. The molecule has 0 aliphatic carbocycles. The number of carbonyl (C=O) groups excluding carboxylic acids is 1. The van der Waals surface area contributed by atoms with Gasteiger partial charge in [-0.15, -0.1) is 0 Å². The Bertz CT molecular complexity index is 1210. The highest BCUT2D eigenvalue weighted by atomic mass is 16.1. The first kappa shape index (κ1) is 19.5. The van der Waals surface area contributed by atoms with E-state index in [1.807, 2.05) is 53.3 Å². The van der Waals surface area contributed by atoms with E-state index in [2.05, 4.69) is 25.3 Å². The van der Waals surface area contributed by atoms with Gasteiger partial charge in [-0.2, -0.15) is 5.10 Å². The molecule has 0 saturated carbocycles. The molecule has 2 aromatic carbocycles. The number of fused-ring (bicyclic) bond motifs is 2. The average Bonchev–Trinajstić information content (AvgIpc) is 3.03. The molecule has 7 heteroatoms. The highest BCUT2D eigenvalue weighted by Crippen LogP contribution is 2.25. The van der Waals surface area contributed by atoms with Gasteiger partial charge in [-0.1, -0.05) is 43.2 Å². The lowest BCUT2D eigenvalue weighted by Gasteiger charge is -2.21. The quantitative estimate of drug-likeness (QED) is 0.538. The second kappa shape index (κ2) is 8.71. The van der Waals surface area contributed by atoms with Crippen LogP contribution in [0.25, 0.3) is 21.8 Å². The predicted molar refractivity (Wildman–Crippen MR) is 122 cm³/mol. The summed E-state index contributed by atoms with van der Waals surface area (Å²) in [7, 11) is 0. The Hall–Kier alpha value is -3.48. The van der Waals surface area contributed by atoms with Crippen molar-refractivity contribution >= 4 is 33.5 Å². The third-order valence-corrected chi connectivity index (χ3v) is 5.94. The van der Waals surface area contributed by atoms with Crippen LogP contribution in [-0.2, 0) is 6.54 Å². The Morgan fingerprint density at radius 3 is 2.61 bits per heavy atom. The average molecular weight is 415 g/mol. The summed E-state index contributed by atoms with van der Waals surface area (Å²) in [5, 5.41) is 10.7. The molecule has 0 bridgehead atoms. The molecule has 1 fully saturated rings. The van der Waals surface area contributed by atoms with Gasteiger partial charge in [0.2, 0.25) is 0 Å². The van der Waals surface area contributed by atoms with Crippen molar-refractivity contribution in [3.05, 3.63) is 60.6 Å². The zero-order valence-corrected chi connectivity index (χ0v) is 17.5. The smallest absolute Gasteiger partial charge is 0.251 e. The number of rotatable bonds is 5. The van der Waals surface area contributed by atoms with Crippen LogP contribution in [0.4, 0.5) is 5.82 Å². The first-order chi connectivity index (χ1) is 15.3. The Kier molecular flexibility index (Phi) is 5.48. The number of aromatic nitrogens is 4.